The summed E-state index contributed by atoms with van der Waals surface area (Å²) in [5.74, 6) is -3.71. The van der Waals surface area contributed by atoms with Gasteiger partial charge in [0, 0.05) is 24.3 Å². The molecule has 9 atom stereocenters. The van der Waals surface area contributed by atoms with Crippen LogP contribution in [0.15, 0.2) is 34.7 Å². The average molecular weight is 598 g/mol. The van der Waals surface area contributed by atoms with Crippen LogP contribution in [0.4, 0.5) is 0 Å². The van der Waals surface area contributed by atoms with Crippen molar-refractivity contribution < 1.29 is 79.5 Å². The first-order chi connectivity index (χ1) is 19.9. The summed E-state index contributed by atoms with van der Waals surface area (Å²) in [6.45, 7) is -1.24. The van der Waals surface area contributed by atoms with E-state index in [0.29, 0.717) is 0 Å². The number of benzene rings is 2. The second-order valence-corrected chi connectivity index (χ2v) is 9.86. The van der Waals surface area contributed by atoms with Crippen LogP contribution >= 0.6 is 0 Å². The Morgan fingerprint density at radius 3 is 2.14 bits per heavy atom. The van der Waals surface area contributed by atoms with Gasteiger partial charge in [-0.15, -0.1) is 0 Å². The lowest BCUT2D eigenvalue weighted by Gasteiger charge is -2.44. The molecule has 228 valence electrons. The van der Waals surface area contributed by atoms with E-state index < -0.39 is 91.5 Å². The third-order valence-corrected chi connectivity index (χ3v) is 6.96. The van der Waals surface area contributed by atoms with E-state index in [1.807, 2.05) is 0 Å². The fraction of sp³-hybridized carbons (Fsp3) is 0.423. The molecule has 0 unspecified atom stereocenters. The van der Waals surface area contributed by atoms with Gasteiger partial charge in [-0.3, -0.25) is 0 Å². The number of rotatable bonds is 6. The third-order valence-electron chi connectivity index (χ3n) is 6.96. The molecule has 0 saturated carbocycles. The minimum atomic E-state index is -1.84. The number of aliphatic hydroxyl groups is 6. The summed E-state index contributed by atoms with van der Waals surface area (Å²) in [6, 6.07) is 5.36. The van der Waals surface area contributed by atoms with Crippen LogP contribution < -0.4 is 4.74 Å². The second kappa shape index (κ2) is 11.5. The first-order valence-corrected chi connectivity index (χ1v) is 12.6. The topological polar surface area (TPSA) is 271 Å². The van der Waals surface area contributed by atoms with Crippen molar-refractivity contribution in [2.75, 3.05) is 13.2 Å². The number of phenolic OH excluding ortho intramolecular Hbond substituents is 5. The molecule has 3 aromatic rings. The van der Waals surface area contributed by atoms with E-state index in [0.717, 1.165) is 24.3 Å². The van der Waals surface area contributed by atoms with Gasteiger partial charge in [0.05, 0.1) is 24.8 Å². The zero-order valence-electron chi connectivity index (χ0n) is 21.5. The molecule has 42 heavy (non-hydrogen) atoms. The van der Waals surface area contributed by atoms with Crippen LogP contribution in [0.2, 0.25) is 0 Å². The van der Waals surface area contributed by atoms with Gasteiger partial charge in [0.25, 0.3) is 0 Å². The zero-order chi connectivity index (χ0) is 30.5. The first kappa shape index (κ1) is 29.8. The fourth-order valence-corrected chi connectivity index (χ4v) is 4.68. The van der Waals surface area contributed by atoms with E-state index in [9.17, 15) is 56.2 Å². The lowest BCUT2D eigenvalue weighted by Crippen LogP contribution is -2.63. The number of phenols is 5. The Hall–Kier alpha value is -3.71. The molecular formula is C26H29O16+. The molecule has 2 aliphatic rings. The Balaban J connectivity index is 1.59. The highest BCUT2D eigenvalue weighted by atomic mass is 16.8. The Labute approximate surface area is 235 Å². The summed E-state index contributed by atoms with van der Waals surface area (Å²) in [7, 11) is 0. The zero-order valence-corrected chi connectivity index (χ0v) is 21.5. The van der Waals surface area contributed by atoms with Gasteiger partial charge in [0.1, 0.15) is 53.5 Å². The smallest absolute Gasteiger partial charge is 0.402 e. The van der Waals surface area contributed by atoms with E-state index >= 15 is 0 Å². The fourth-order valence-electron chi connectivity index (χ4n) is 4.68. The predicted octanol–water partition coefficient (Wildman–Crippen LogP) is -1.45. The predicted molar refractivity (Wildman–Crippen MR) is 135 cm³/mol. The molecule has 0 radical (unpaired) electrons. The molecule has 16 heteroatoms. The maximum absolute atomic E-state index is 10.9. The number of hydrogen-bond donors (Lipinski definition) is 11. The molecule has 2 saturated heterocycles. The van der Waals surface area contributed by atoms with E-state index in [1.165, 1.54) is 6.07 Å². The molecule has 0 aliphatic carbocycles. The average Bonchev–Trinajstić information content (AvgIpc) is 2.95. The molecule has 5 rings (SSSR count). The molecule has 16 nitrogen and oxygen atoms in total. The van der Waals surface area contributed by atoms with Crippen molar-refractivity contribution in [3.05, 3.63) is 30.3 Å². The van der Waals surface area contributed by atoms with Gasteiger partial charge in [0.2, 0.25) is 12.0 Å². The van der Waals surface area contributed by atoms with Crippen molar-refractivity contribution in [1.82, 2.24) is 0 Å². The minimum absolute atomic E-state index is 0.00510. The second-order valence-electron chi connectivity index (χ2n) is 9.86. The standard InChI is InChI=1S/C26H28O16/c27-6-17-20(35)21(36)24(42-25-22(37)19(34)14(32)7-38-25)26(41-17)40-16-5-10-11(29)3-9(28)4-15(10)39-23(16)8-1-12(30)18(33)13(31)2-8/h1-5,14,17,19-22,24-27,32,34-37H,6-7H2,(H4-,28,29,30,31,33)/p+1/t14-,17+,19-,20+,21-,22-,24+,25+,26+/m0/s1. The highest BCUT2D eigenvalue weighted by Gasteiger charge is 2.50. The Kier molecular flexibility index (Phi) is 8.17. The lowest BCUT2D eigenvalue weighted by molar-refractivity contribution is -0.344. The summed E-state index contributed by atoms with van der Waals surface area (Å²) >= 11 is 0. The molecule has 0 spiro atoms. The maximum atomic E-state index is 10.9. The molecule has 3 heterocycles. The van der Waals surface area contributed by atoms with Gasteiger partial charge < -0.3 is 75.1 Å². The van der Waals surface area contributed by atoms with Crippen LogP contribution in [0.1, 0.15) is 0 Å². The van der Waals surface area contributed by atoms with Crippen LogP contribution in [0.3, 0.4) is 0 Å². The molecule has 0 bridgehead atoms. The summed E-state index contributed by atoms with van der Waals surface area (Å²) < 4.78 is 28.3. The number of aliphatic hydroxyl groups excluding tert-OH is 6. The molecule has 0 amide bonds. The van der Waals surface area contributed by atoms with Crippen molar-refractivity contribution in [3.8, 4) is 45.8 Å². The lowest BCUT2D eigenvalue weighted by atomic mass is 9.98. The van der Waals surface area contributed by atoms with E-state index in [4.69, 9.17) is 23.4 Å². The summed E-state index contributed by atoms with van der Waals surface area (Å²) in [5, 5.41) is 112. The molecule has 2 aliphatic heterocycles. The van der Waals surface area contributed by atoms with Crippen LogP contribution in [0.25, 0.3) is 22.3 Å². The largest absolute Gasteiger partial charge is 0.507 e. The van der Waals surface area contributed by atoms with Gasteiger partial charge in [-0.2, -0.15) is 0 Å². The van der Waals surface area contributed by atoms with Crippen molar-refractivity contribution in [2.24, 2.45) is 0 Å². The third kappa shape index (κ3) is 5.42. The van der Waals surface area contributed by atoms with Crippen molar-refractivity contribution in [3.63, 3.8) is 0 Å². The monoisotopic (exact) mass is 597 g/mol. The van der Waals surface area contributed by atoms with E-state index in [1.54, 1.807) is 0 Å². The van der Waals surface area contributed by atoms with E-state index in [2.05, 4.69) is 0 Å². The molecule has 2 fully saturated rings. The highest BCUT2D eigenvalue weighted by Crippen LogP contribution is 2.45. The van der Waals surface area contributed by atoms with Crippen LogP contribution in [0.5, 0.6) is 34.5 Å². The molecule has 1 aromatic heterocycles. The van der Waals surface area contributed by atoms with Crippen molar-refractivity contribution in [2.45, 2.75) is 55.3 Å². The molecular weight excluding hydrogens is 568 g/mol. The van der Waals surface area contributed by atoms with E-state index in [-0.39, 0.29) is 33.8 Å². The number of hydrogen-bond acceptors (Lipinski definition) is 15. The van der Waals surface area contributed by atoms with Crippen molar-refractivity contribution in [1.29, 1.82) is 0 Å². The van der Waals surface area contributed by atoms with Gasteiger partial charge >= 0.3 is 11.3 Å². The number of aromatic hydroxyl groups is 5. The summed E-state index contributed by atoms with van der Waals surface area (Å²) in [5.41, 5.74) is -0.174. The Morgan fingerprint density at radius 1 is 0.786 bits per heavy atom. The van der Waals surface area contributed by atoms with Gasteiger partial charge in [-0.05, 0) is 0 Å². The normalized spacial score (nSPS) is 31.7. The van der Waals surface area contributed by atoms with Crippen LogP contribution in [-0.2, 0) is 14.2 Å². The Bertz CT molecular complexity index is 1420. The first-order valence-electron chi connectivity index (χ1n) is 12.6. The van der Waals surface area contributed by atoms with Gasteiger partial charge in [-0.1, -0.05) is 0 Å². The summed E-state index contributed by atoms with van der Waals surface area (Å²) in [6.07, 6.45) is -15.0. The van der Waals surface area contributed by atoms with Crippen molar-refractivity contribution >= 4 is 11.0 Å². The number of fused-ring (bicyclic) bond motifs is 1. The molecule has 11 N–H and O–H groups in total. The highest BCUT2D eigenvalue weighted by molar-refractivity contribution is 5.88. The Morgan fingerprint density at radius 2 is 1.48 bits per heavy atom. The van der Waals surface area contributed by atoms with Crippen LogP contribution in [0, 0.1) is 0 Å². The SMILES string of the molecule is OC[C@H]1O[C@@H](Oc2cc3c(O)cc(O)cc3[o+]c2-c2cc(O)c(O)c(O)c2)[C@H](O[C@H]2OC[C@H](O)[C@H](O)[C@@H]2O)[C@@H](O)[C@@H]1O. The van der Waals surface area contributed by atoms with Gasteiger partial charge in [0.15, 0.2) is 29.6 Å². The minimum Gasteiger partial charge on any atom is -0.507 e. The molecule has 2 aromatic carbocycles. The maximum Gasteiger partial charge on any atom is 0.402 e. The quantitative estimate of drug-likeness (QED) is 0.115. The van der Waals surface area contributed by atoms with Gasteiger partial charge in [-0.25, -0.2) is 4.42 Å². The van der Waals surface area contributed by atoms with Crippen LogP contribution in [-0.4, -0.2) is 125 Å². The summed E-state index contributed by atoms with van der Waals surface area (Å²) in [4.78, 5) is 0. The number of ether oxygens (including phenoxy) is 4.